The van der Waals surface area contributed by atoms with E-state index in [1.54, 1.807) is 0 Å². The van der Waals surface area contributed by atoms with Gasteiger partial charge in [-0.1, -0.05) is 6.92 Å². The quantitative estimate of drug-likeness (QED) is 0.851. The first-order valence-electron chi connectivity index (χ1n) is 6.70. The average molecular weight is 236 g/mol. The van der Waals surface area contributed by atoms with E-state index in [4.69, 9.17) is 4.42 Å². The van der Waals surface area contributed by atoms with E-state index in [0.717, 1.165) is 6.54 Å². The molecule has 2 rings (SSSR count). The highest BCUT2D eigenvalue weighted by Gasteiger charge is 2.36. The third-order valence-corrected chi connectivity index (χ3v) is 3.77. The fraction of sp³-hybridized carbons (Fsp3) is 0.714. The molecular weight excluding hydrogens is 212 g/mol. The van der Waals surface area contributed by atoms with E-state index in [0.29, 0.717) is 12.0 Å². The van der Waals surface area contributed by atoms with Crippen molar-refractivity contribution in [1.29, 1.82) is 0 Å². The van der Waals surface area contributed by atoms with Crippen LogP contribution in [0.15, 0.2) is 16.7 Å². The van der Waals surface area contributed by atoms with Crippen molar-refractivity contribution in [2.75, 3.05) is 26.7 Å². The van der Waals surface area contributed by atoms with Gasteiger partial charge in [-0.3, -0.25) is 4.90 Å². The van der Waals surface area contributed by atoms with Crippen LogP contribution in [0, 0.1) is 12.8 Å². The van der Waals surface area contributed by atoms with E-state index in [9.17, 15) is 0 Å². The van der Waals surface area contributed by atoms with Gasteiger partial charge < -0.3 is 9.73 Å². The highest BCUT2D eigenvalue weighted by atomic mass is 16.3. The second kappa shape index (κ2) is 5.69. The van der Waals surface area contributed by atoms with Crippen LogP contribution in [0.5, 0.6) is 0 Å². The van der Waals surface area contributed by atoms with Crippen LogP contribution in [0.4, 0.5) is 0 Å². The van der Waals surface area contributed by atoms with Gasteiger partial charge in [0.25, 0.3) is 0 Å². The Bertz CT molecular complexity index is 334. The van der Waals surface area contributed by atoms with Gasteiger partial charge in [0.1, 0.15) is 5.76 Å². The first-order chi connectivity index (χ1) is 8.27. The van der Waals surface area contributed by atoms with Crippen molar-refractivity contribution in [1.82, 2.24) is 10.2 Å². The predicted molar refractivity (Wildman–Crippen MR) is 70.1 cm³/mol. The summed E-state index contributed by atoms with van der Waals surface area (Å²) in [6, 6.07) is 2.55. The number of likely N-dealkylation sites (tertiary alicyclic amines) is 1. The molecule has 2 heterocycles. The number of aryl methyl sites for hydroxylation is 1. The zero-order chi connectivity index (χ0) is 12.3. The van der Waals surface area contributed by atoms with Crippen LogP contribution in [0.2, 0.25) is 0 Å². The molecule has 2 unspecified atom stereocenters. The molecule has 0 radical (unpaired) electrons. The van der Waals surface area contributed by atoms with Gasteiger partial charge in [-0.05, 0) is 64.0 Å². The molecule has 3 nitrogen and oxygen atoms in total. The summed E-state index contributed by atoms with van der Waals surface area (Å²) in [6.07, 6.45) is 4.30. The van der Waals surface area contributed by atoms with Gasteiger partial charge in [-0.25, -0.2) is 0 Å². The van der Waals surface area contributed by atoms with Crippen molar-refractivity contribution >= 4 is 0 Å². The van der Waals surface area contributed by atoms with E-state index in [2.05, 4.69) is 30.1 Å². The van der Waals surface area contributed by atoms with Crippen molar-refractivity contribution in [3.8, 4) is 0 Å². The number of nitrogens with one attached hydrogen (secondary N) is 1. The largest absolute Gasteiger partial charge is 0.467 e. The lowest BCUT2D eigenvalue weighted by Crippen LogP contribution is -2.29. The second-order valence-electron chi connectivity index (χ2n) is 5.06. The number of hydrogen-bond donors (Lipinski definition) is 1. The van der Waals surface area contributed by atoms with Gasteiger partial charge >= 0.3 is 0 Å². The van der Waals surface area contributed by atoms with Crippen LogP contribution in [0.3, 0.4) is 0 Å². The van der Waals surface area contributed by atoms with Gasteiger partial charge in [-0.2, -0.15) is 0 Å². The molecule has 0 aromatic carbocycles. The van der Waals surface area contributed by atoms with E-state index in [-0.39, 0.29) is 0 Å². The standard InChI is InChI=1S/C14H24N2O/c1-4-7-16-8-5-12(10-15-3)13(16)14-11(2)6-9-17-14/h6,9,12-13,15H,4-5,7-8,10H2,1-3H3. The lowest BCUT2D eigenvalue weighted by atomic mass is 9.96. The molecule has 17 heavy (non-hydrogen) atoms. The Morgan fingerprint density at radius 2 is 2.35 bits per heavy atom. The lowest BCUT2D eigenvalue weighted by Gasteiger charge is -2.26. The lowest BCUT2D eigenvalue weighted by molar-refractivity contribution is 0.197. The van der Waals surface area contributed by atoms with E-state index < -0.39 is 0 Å². The number of rotatable bonds is 5. The number of furan rings is 1. The molecule has 1 saturated heterocycles. The third-order valence-electron chi connectivity index (χ3n) is 3.77. The predicted octanol–water partition coefficient (Wildman–Crippen LogP) is 2.58. The zero-order valence-electron chi connectivity index (χ0n) is 11.2. The van der Waals surface area contributed by atoms with Crippen LogP contribution in [0.25, 0.3) is 0 Å². The highest BCUT2D eigenvalue weighted by molar-refractivity contribution is 5.20. The second-order valence-corrected chi connectivity index (χ2v) is 5.06. The van der Waals surface area contributed by atoms with Crippen LogP contribution in [-0.2, 0) is 0 Å². The summed E-state index contributed by atoms with van der Waals surface area (Å²) >= 11 is 0. The Labute approximate surface area is 104 Å². The SMILES string of the molecule is CCCN1CCC(CNC)C1c1occc1C. The minimum Gasteiger partial charge on any atom is -0.467 e. The van der Waals surface area contributed by atoms with Gasteiger partial charge in [0.2, 0.25) is 0 Å². The number of hydrogen-bond acceptors (Lipinski definition) is 3. The summed E-state index contributed by atoms with van der Waals surface area (Å²) in [5.74, 6) is 1.85. The Morgan fingerprint density at radius 1 is 1.53 bits per heavy atom. The molecule has 3 heteroatoms. The minimum absolute atomic E-state index is 0.470. The maximum absolute atomic E-state index is 5.73. The average Bonchev–Trinajstić information content (AvgIpc) is 2.87. The van der Waals surface area contributed by atoms with Gasteiger partial charge in [-0.15, -0.1) is 0 Å². The molecule has 0 aliphatic carbocycles. The maximum atomic E-state index is 5.73. The van der Waals surface area contributed by atoms with Crippen LogP contribution >= 0.6 is 0 Å². The molecule has 1 fully saturated rings. The highest BCUT2D eigenvalue weighted by Crippen LogP contribution is 2.38. The molecule has 0 saturated carbocycles. The van der Waals surface area contributed by atoms with Crippen molar-refractivity contribution in [3.63, 3.8) is 0 Å². The molecule has 0 spiro atoms. The normalized spacial score (nSPS) is 25.6. The van der Waals surface area contributed by atoms with Gasteiger partial charge in [0.15, 0.2) is 0 Å². The van der Waals surface area contributed by atoms with Crippen molar-refractivity contribution < 1.29 is 4.42 Å². The Hall–Kier alpha value is -0.800. The van der Waals surface area contributed by atoms with Gasteiger partial charge in [0.05, 0.1) is 12.3 Å². The van der Waals surface area contributed by atoms with Gasteiger partial charge in [0, 0.05) is 0 Å². The van der Waals surface area contributed by atoms with E-state index in [1.165, 1.54) is 37.3 Å². The smallest absolute Gasteiger partial charge is 0.124 e. The zero-order valence-corrected chi connectivity index (χ0v) is 11.2. The van der Waals surface area contributed by atoms with Crippen molar-refractivity contribution in [2.45, 2.75) is 32.7 Å². The summed E-state index contributed by atoms with van der Waals surface area (Å²) in [5.41, 5.74) is 1.29. The molecule has 1 aliphatic rings. The Balaban J connectivity index is 2.20. The fourth-order valence-electron chi connectivity index (χ4n) is 3.01. The van der Waals surface area contributed by atoms with Crippen molar-refractivity contribution in [3.05, 3.63) is 23.7 Å². The van der Waals surface area contributed by atoms with E-state index in [1.807, 2.05) is 13.3 Å². The Morgan fingerprint density at radius 3 is 2.94 bits per heavy atom. The summed E-state index contributed by atoms with van der Waals surface area (Å²) < 4.78 is 5.73. The maximum Gasteiger partial charge on any atom is 0.124 e. The molecule has 1 aromatic heterocycles. The molecular formula is C14H24N2O. The molecule has 0 bridgehead atoms. The van der Waals surface area contributed by atoms with Crippen molar-refractivity contribution in [2.24, 2.45) is 5.92 Å². The number of nitrogens with zero attached hydrogens (tertiary/aromatic N) is 1. The van der Waals surface area contributed by atoms with Crippen LogP contribution in [0.1, 0.15) is 37.1 Å². The summed E-state index contributed by atoms with van der Waals surface area (Å²) in [7, 11) is 2.04. The molecule has 96 valence electrons. The molecule has 1 aromatic rings. The minimum atomic E-state index is 0.470. The summed E-state index contributed by atoms with van der Waals surface area (Å²) in [4.78, 5) is 2.58. The first kappa shape index (κ1) is 12.7. The van der Waals surface area contributed by atoms with E-state index >= 15 is 0 Å². The molecule has 0 amide bonds. The topological polar surface area (TPSA) is 28.4 Å². The van der Waals surface area contributed by atoms with Crippen LogP contribution in [-0.4, -0.2) is 31.6 Å². The Kier molecular flexibility index (Phi) is 4.24. The summed E-state index contributed by atoms with van der Waals surface area (Å²) in [5, 5.41) is 3.32. The van der Waals surface area contributed by atoms with Crippen LogP contribution < -0.4 is 5.32 Å². The first-order valence-corrected chi connectivity index (χ1v) is 6.70. The summed E-state index contributed by atoms with van der Waals surface area (Å²) in [6.45, 7) is 7.84. The fourth-order valence-corrected chi connectivity index (χ4v) is 3.01. The molecule has 1 N–H and O–H groups in total. The monoisotopic (exact) mass is 236 g/mol. The molecule has 2 atom stereocenters. The third kappa shape index (κ3) is 2.55. The molecule has 1 aliphatic heterocycles.